The first kappa shape index (κ1) is 19.4. The van der Waals surface area contributed by atoms with Gasteiger partial charge in [-0.3, -0.25) is 4.68 Å². The quantitative estimate of drug-likeness (QED) is 0.615. The predicted octanol–water partition coefficient (Wildman–Crippen LogP) is 1.27. The number of aromatic nitrogens is 4. The Labute approximate surface area is 170 Å². The van der Waals surface area contributed by atoms with Crippen LogP contribution in [0.1, 0.15) is 12.1 Å². The third kappa shape index (κ3) is 4.25. The minimum absolute atomic E-state index is 0.156. The topological polar surface area (TPSA) is 95.5 Å². The maximum atomic E-state index is 10.2. The third-order valence-electron chi connectivity index (χ3n) is 5.17. The molecule has 1 aliphatic rings. The molecule has 0 radical (unpaired) electrons. The Morgan fingerprint density at radius 3 is 2.93 bits per heavy atom. The van der Waals surface area contributed by atoms with Crippen LogP contribution >= 0.6 is 0 Å². The molecule has 0 aliphatic carbocycles. The van der Waals surface area contributed by atoms with Crippen LogP contribution in [0.25, 0.3) is 11.5 Å². The third-order valence-corrected chi connectivity index (χ3v) is 5.17. The summed E-state index contributed by atoms with van der Waals surface area (Å²) in [7, 11) is 5.81. The van der Waals surface area contributed by atoms with Crippen LogP contribution in [0, 0.1) is 0 Å². The monoisotopic (exact) mass is 397 g/mol. The number of β-amino-alcohol motifs (C(OH)–C–C–N with tert-alkyl or cyclic N) is 1. The van der Waals surface area contributed by atoms with Crippen LogP contribution < -0.4 is 15.1 Å². The van der Waals surface area contributed by atoms with Crippen LogP contribution in [0.3, 0.4) is 0 Å². The molecular weight excluding hydrogens is 370 g/mol. The molecule has 4 heterocycles. The fourth-order valence-electron chi connectivity index (χ4n) is 3.74. The molecule has 154 valence electrons. The molecule has 1 saturated heterocycles. The molecule has 0 unspecified atom stereocenters. The highest BCUT2D eigenvalue weighted by molar-refractivity contribution is 5.53. The molecule has 4 rings (SSSR count). The molecule has 3 aromatic heterocycles. The smallest absolute Gasteiger partial charge is 0.151 e. The Kier molecular flexibility index (Phi) is 5.50. The van der Waals surface area contributed by atoms with Crippen molar-refractivity contribution < 1.29 is 9.52 Å². The maximum absolute atomic E-state index is 10.2. The largest absolute Gasteiger partial charge is 0.463 e. The molecule has 9 nitrogen and oxygen atoms in total. The lowest BCUT2D eigenvalue weighted by Crippen LogP contribution is -2.38. The first-order chi connectivity index (χ1) is 14.0. The zero-order valence-electron chi connectivity index (χ0n) is 17.0. The summed E-state index contributed by atoms with van der Waals surface area (Å²) in [5.41, 5.74) is 1.89. The van der Waals surface area contributed by atoms with Gasteiger partial charge in [0, 0.05) is 52.9 Å². The molecule has 3 aromatic rings. The molecule has 0 bridgehead atoms. The van der Waals surface area contributed by atoms with Gasteiger partial charge in [0.1, 0.15) is 23.7 Å². The van der Waals surface area contributed by atoms with E-state index in [0.29, 0.717) is 19.5 Å². The van der Waals surface area contributed by atoms with E-state index in [1.54, 1.807) is 12.6 Å². The lowest BCUT2D eigenvalue weighted by Gasteiger charge is -2.26. The lowest BCUT2D eigenvalue weighted by atomic mass is 10.2. The molecule has 0 amide bonds. The van der Waals surface area contributed by atoms with Crippen LogP contribution in [-0.2, 0) is 13.6 Å². The van der Waals surface area contributed by atoms with E-state index < -0.39 is 0 Å². The molecule has 2 N–H and O–H groups in total. The van der Waals surface area contributed by atoms with Crippen molar-refractivity contribution >= 4 is 11.6 Å². The number of aryl methyl sites for hydroxylation is 1. The average molecular weight is 397 g/mol. The Bertz CT molecular complexity index is 938. The zero-order chi connectivity index (χ0) is 20.4. The summed E-state index contributed by atoms with van der Waals surface area (Å²) in [5.74, 6) is 2.49. The first-order valence-corrected chi connectivity index (χ1v) is 9.73. The molecule has 0 aromatic carbocycles. The van der Waals surface area contributed by atoms with E-state index in [0.717, 1.165) is 35.3 Å². The number of hydrogen-bond acceptors (Lipinski definition) is 8. The van der Waals surface area contributed by atoms with E-state index in [-0.39, 0.29) is 12.1 Å². The highest BCUT2D eigenvalue weighted by atomic mass is 16.3. The molecule has 1 aliphatic heterocycles. The number of nitrogens with zero attached hydrogens (tertiary/aromatic N) is 6. The van der Waals surface area contributed by atoms with Gasteiger partial charge in [-0.2, -0.15) is 5.10 Å². The number of aliphatic hydroxyl groups excluding tert-OH is 1. The van der Waals surface area contributed by atoms with Gasteiger partial charge in [-0.1, -0.05) is 0 Å². The van der Waals surface area contributed by atoms with Crippen molar-refractivity contribution in [3.8, 4) is 11.5 Å². The van der Waals surface area contributed by atoms with Crippen molar-refractivity contribution in [2.75, 3.05) is 37.0 Å². The summed E-state index contributed by atoms with van der Waals surface area (Å²) in [5, 5.41) is 18.3. The molecule has 2 atom stereocenters. The highest BCUT2D eigenvalue weighted by Crippen LogP contribution is 2.26. The number of furan rings is 1. The van der Waals surface area contributed by atoms with Gasteiger partial charge in [-0.25, -0.2) is 9.97 Å². The lowest BCUT2D eigenvalue weighted by molar-refractivity contribution is 0.194. The normalized spacial score (nSPS) is 19.1. The molecule has 1 fully saturated rings. The second-order valence-electron chi connectivity index (χ2n) is 7.58. The maximum Gasteiger partial charge on any atom is 0.151 e. The number of anilines is 2. The van der Waals surface area contributed by atoms with E-state index in [4.69, 9.17) is 4.42 Å². The fourth-order valence-corrected chi connectivity index (χ4v) is 3.74. The van der Waals surface area contributed by atoms with Gasteiger partial charge in [-0.15, -0.1) is 0 Å². The highest BCUT2D eigenvalue weighted by Gasteiger charge is 2.31. The molecular formula is C20H27N7O2. The van der Waals surface area contributed by atoms with E-state index in [2.05, 4.69) is 25.3 Å². The zero-order valence-corrected chi connectivity index (χ0v) is 17.0. The first-order valence-electron chi connectivity index (χ1n) is 9.73. The molecule has 0 saturated carbocycles. The Balaban J connectivity index is 1.40. The second-order valence-corrected chi connectivity index (χ2v) is 7.58. The molecule has 9 heteroatoms. The summed E-state index contributed by atoms with van der Waals surface area (Å²) in [6.07, 6.45) is 3.58. The van der Waals surface area contributed by atoms with Crippen molar-refractivity contribution in [2.45, 2.75) is 25.1 Å². The van der Waals surface area contributed by atoms with Crippen LogP contribution in [0.4, 0.5) is 11.6 Å². The minimum atomic E-state index is -0.361. The minimum Gasteiger partial charge on any atom is -0.463 e. The van der Waals surface area contributed by atoms with Crippen LogP contribution in [-0.4, -0.2) is 64.2 Å². The SMILES string of the molecule is CN(C)c1cc(N2C[C@H](O)C[C@@H]2CNCc2cc(-c3ccco3)n(C)n2)ncn1. The Morgan fingerprint density at radius 1 is 1.31 bits per heavy atom. The van der Waals surface area contributed by atoms with Crippen LogP contribution in [0.15, 0.2) is 41.3 Å². The van der Waals surface area contributed by atoms with Gasteiger partial charge in [0.15, 0.2) is 5.76 Å². The van der Waals surface area contributed by atoms with Gasteiger partial charge in [0.25, 0.3) is 0 Å². The van der Waals surface area contributed by atoms with Crippen molar-refractivity contribution in [1.29, 1.82) is 0 Å². The van der Waals surface area contributed by atoms with E-state index in [9.17, 15) is 5.11 Å². The number of aliphatic hydroxyl groups is 1. The molecule has 29 heavy (non-hydrogen) atoms. The number of nitrogens with one attached hydrogen (secondary N) is 1. The van der Waals surface area contributed by atoms with Crippen molar-refractivity contribution in [1.82, 2.24) is 25.1 Å². The summed E-state index contributed by atoms with van der Waals surface area (Å²) in [4.78, 5) is 12.8. The van der Waals surface area contributed by atoms with Crippen molar-refractivity contribution in [3.05, 3.63) is 42.5 Å². The standard InChI is InChI=1S/C20H27N7O2/c1-25(2)19-9-20(23-13-22-19)27-12-16(28)8-15(27)11-21-10-14-7-17(26(3)24-14)18-5-4-6-29-18/h4-7,9,13,15-16,21,28H,8,10-12H2,1-3H3/t15-,16-/m1/s1. The predicted molar refractivity (Wildman–Crippen MR) is 111 cm³/mol. The number of rotatable bonds is 7. The van der Waals surface area contributed by atoms with Gasteiger partial charge in [-0.05, 0) is 24.6 Å². The van der Waals surface area contributed by atoms with Crippen LogP contribution in [0.2, 0.25) is 0 Å². The summed E-state index contributed by atoms with van der Waals surface area (Å²) < 4.78 is 7.29. The fraction of sp³-hybridized carbons (Fsp3) is 0.450. The van der Waals surface area contributed by atoms with Gasteiger partial charge in [0.2, 0.25) is 0 Å². The molecule has 0 spiro atoms. The van der Waals surface area contributed by atoms with Crippen molar-refractivity contribution in [2.24, 2.45) is 7.05 Å². The van der Waals surface area contributed by atoms with E-state index >= 15 is 0 Å². The average Bonchev–Trinajstić information content (AvgIpc) is 3.42. The second kappa shape index (κ2) is 8.22. The summed E-state index contributed by atoms with van der Waals surface area (Å²) >= 11 is 0. The van der Waals surface area contributed by atoms with E-state index in [1.165, 1.54) is 0 Å². The van der Waals surface area contributed by atoms with Crippen molar-refractivity contribution in [3.63, 3.8) is 0 Å². The van der Waals surface area contributed by atoms with Gasteiger partial charge < -0.3 is 24.6 Å². The summed E-state index contributed by atoms with van der Waals surface area (Å²) in [6, 6.07) is 7.94. The van der Waals surface area contributed by atoms with Gasteiger partial charge >= 0.3 is 0 Å². The van der Waals surface area contributed by atoms with Crippen LogP contribution in [0.5, 0.6) is 0 Å². The summed E-state index contributed by atoms with van der Waals surface area (Å²) in [6.45, 7) is 1.94. The number of hydrogen-bond donors (Lipinski definition) is 2. The Morgan fingerprint density at radius 2 is 2.17 bits per heavy atom. The van der Waals surface area contributed by atoms with E-state index in [1.807, 2.05) is 55.0 Å². The van der Waals surface area contributed by atoms with Gasteiger partial charge in [0.05, 0.1) is 18.1 Å². The Hall–Kier alpha value is -2.91.